The number of aliphatic hydroxyl groups excluding tert-OH is 1. The van der Waals surface area contributed by atoms with E-state index in [4.69, 9.17) is 22.9 Å². The molecule has 2 unspecified atom stereocenters. The normalized spacial score (nSPS) is 55.9. The minimum Gasteiger partial charge on any atom is -0.493 e. The molecule has 1 aromatic rings. The number of methoxy groups -OCH3 is 1. The van der Waals surface area contributed by atoms with Crippen molar-refractivity contribution < 1.29 is 24.2 Å². The van der Waals surface area contributed by atoms with Gasteiger partial charge >= 0.3 is 0 Å². The molecule has 1 N–H and O–H groups in total. The molecule has 116 valence electrons. The van der Waals surface area contributed by atoms with Gasteiger partial charge in [-0.1, -0.05) is 18.2 Å². The maximum atomic E-state index is 9.32. The first-order valence-corrected chi connectivity index (χ1v) is 7.40. The van der Waals surface area contributed by atoms with Crippen molar-refractivity contribution in [1.29, 1.82) is 1.43 Å². The Morgan fingerprint density at radius 3 is 3.36 bits per heavy atom. The summed E-state index contributed by atoms with van der Waals surface area (Å²) in [6.45, 7) is -2.83. The molecule has 0 saturated carbocycles. The van der Waals surface area contributed by atoms with Crippen molar-refractivity contribution in [2.75, 3.05) is 20.6 Å². The van der Waals surface area contributed by atoms with Gasteiger partial charge in [-0.3, -0.25) is 0 Å². The molecule has 22 heavy (non-hydrogen) atoms. The third-order valence-electron chi connectivity index (χ3n) is 5.28. The second-order valence-corrected chi connectivity index (χ2v) is 6.15. The van der Waals surface area contributed by atoms with E-state index in [-0.39, 0.29) is 24.3 Å². The number of hydrogen-bond acceptors (Lipinski definition) is 4. The number of piperidine rings is 1. The lowest BCUT2D eigenvalue weighted by molar-refractivity contribution is -0.0453. The highest BCUT2D eigenvalue weighted by atomic mass is 16.5. The van der Waals surface area contributed by atoms with Crippen molar-refractivity contribution in [1.82, 2.24) is 4.90 Å². The van der Waals surface area contributed by atoms with Crippen molar-refractivity contribution in [3.8, 4) is 11.5 Å². The molecule has 2 aliphatic heterocycles. The number of likely N-dealkylation sites (tertiary alicyclic amines) is 1. The smallest absolute Gasteiger partial charge is 0.211 e. The van der Waals surface area contributed by atoms with E-state index in [1.165, 1.54) is 31.4 Å². The first kappa shape index (κ1) is 7.37. The number of ether oxygens (including phenoxy) is 2. The van der Waals surface area contributed by atoms with E-state index in [2.05, 4.69) is 0 Å². The van der Waals surface area contributed by atoms with E-state index in [1.54, 1.807) is 0 Å². The molecule has 5 atom stereocenters. The van der Waals surface area contributed by atoms with Crippen LogP contribution in [0.15, 0.2) is 24.3 Å². The third-order valence-corrected chi connectivity index (χ3v) is 5.28. The van der Waals surface area contributed by atoms with Gasteiger partial charge < -0.3 is 19.5 Å². The second kappa shape index (κ2) is 4.06. The SMILES string of the molecule is [2H]OC1C=C[C@@H]2[C@@]34CCN(C([2H])([2H])[2H])[C@]2([2H])C([2H])([2H])c2ccc(OC)c(c23)OC14[2H]. The number of likely N-dealkylation sites (N-methyl/N-ethyl adjacent to an activating group) is 1. The molecule has 2 aliphatic carbocycles. The fourth-order valence-corrected chi connectivity index (χ4v) is 4.37. The number of rotatable bonds is 2. The zero-order valence-electron chi connectivity index (χ0n) is 20.1. The Morgan fingerprint density at radius 2 is 2.55 bits per heavy atom. The molecule has 2 bridgehead atoms. The topological polar surface area (TPSA) is 41.9 Å². The van der Waals surface area contributed by atoms with Crippen molar-refractivity contribution in [2.24, 2.45) is 5.92 Å². The Balaban J connectivity index is 1.92. The summed E-state index contributed by atoms with van der Waals surface area (Å²) in [6, 6.07) is 0.775. The highest BCUT2D eigenvalue weighted by Gasteiger charge is 2.64. The largest absolute Gasteiger partial charge is 0.493 e. The third kappa shape index (κ3) is 1.28. The van der Waals surface area contributed by atoms with Crippen LogP contribution in [-0.4, -0.2) is 50.3 Å². The van der Waals surface area contributed by atoms with Crippen LogP contribution in [0.5, 0.6) is 11.5 Å². The summed E-state index contributed by atoms with van der Waals surface area (Å²) < 4.78 is 79.5. The molecule has 4 nitrogen and oxygen atoms in total. The second-order valence-electron chi connectivity index (χ2n) is 6.15. The van der Waals surface area contributed by atoms with Crippen LogP contribution in [0.4, 0.5) is 0 Å². The van der Waals surface area contributed by atoms with E-state index in [1.807, 2.05) is 0 Å². The molecule has 1 spiro atoms. The number of hydrogen-bond donors (Lipinski definition) is 1. The Morgan fingerprint density at radius 1 is 1.59 bits per heavy atom. The van der Waals surface area contributed by atoms with Crippen LogP contribution in [0.2, 0.25) is 0 Å². The van der Waals surface area contributed by atoms with Gasteiger partial charge in [0.1, 0.15) is 12.2 Å². The minimum atomic E-state index is -2.70. The zero-order chi connectivity index (χ0) is 21.9. The monoisotopic (exact) mass is 307 g/mol. The lowest BCUT2D eigenvalue weighted by atomic mass is 9.53. The number of nitrogens with zero attached hydrogens (tertiary/aromatic N) is 1. The molecule has 0 amide bonds. The average Bonchev–Trinajstić information content (AvgIpc) is 2.93. The summed E-state index contributed by atoms with van der Waals surface area (Å²) in [6.07, 6.45) is -2.28. The molecule has 2 heterocycles. The molecule has 1 saturated heterocycles. The number of benzene rings is 1. The standard InChI is InChI=1S/C18H21NO3/c1-19-8-7-18-11-4-5-13(20)17(18)22-16-14(21-2)6-3-10(15(16)18)9-12(11)19/h3-6,11-13,17,20H,7-9H2,1-2H3/t11-,12+,13?,17?,18-/m0/s1/i1D3,9D2,12D,17D,20D. The van der Waals surface area contributed by atoms with Crippen molar-refractivity contribution in [3.05, 3.63) is 35.4 Å². The van der Waals surface area contributed by atoms with Gasteiger partial charge in [-0.15, -0.1) is 0 Å². The highest BCUT2D eigenvalue weighted by Crippen LogP contribution is 2.62. The molecular weight excluding hydrogens is 278 g/mol. The number of aliphatic hydroxyl groups is 1. The molecule has 0 aromatic heterocycles. The molecule has 4 aliphatic rings. The van der Waals surface area contributed by atoms with Crippen LogP contribution in [0.25, 0.3) is 0 Å². The Bertz CT molecular complexity index is 967. The quantitative estimate of drug-likeness (QED) is 0.841. The van der Waals surface area contributed by atoms with Crippen LogP contribution in [0.1, 0.15) is 27.1 Å². The summed E-state index contributed by atoms with van der Waals surface area (Å²) in [5.74, 6) is -0.494. The van der Waals surface area contributed by atoms with Crippen LogP contribution in [0, 0.1) is 5.92 Å². The van der Waals surface area contributed by atoms with Gasteiger partial charge in [0.15, 0.2) is 11.5 Å². The van der Waals surface area contributed by atoms with E-state index >= 15 is 0 Å². The van der Waals surface area contributed by atoms with Gasteiger partial charge in [-0.2, -0.15) is 0 Å². The summed E-state index contributed by atoms with van der Waals surface area (Å²) in [4.78, 5) is 0.924. The van der Waals surface area contributed by atoms with E-state index < -0.39 is 42.9 Å². The van der Waals surface area contributed by atoms with Gasteiger partial charge in [-0.25, -0.2) is 0 Å². The molecule has 5 rings (SSSR count). The Labute approximate surface area is 141 Å². The first-order chi connectivity index (χ1) is 13.9. The van der Waals surface area contributed by atoms with Crippen molar-refractivity contribution in [2.45, 2.75) is 36.4 Å². The van der Waals surface area contributed by atoms with Crippen LogP contribution < -0.4 is 9.47 Å². The summed E-state index contributed by atoms with van der Waals surface area (Å²) in [5, 5.41) is 4.82. The molecule has 4 heteroatoms. The maximum absolute atomic E-state index is 9.32. The Hall–Kier alpha value is -1.52. The molecule has 1 fully saturated rings. The zero-order valence-corrected chi connectivity index (χ0v) is 12.1. The molecule has 0 radical (unpaired) electrons. The molecular formula is C18H21NO3. The predicted molar refractivity (Wildman–Crippen MR) is 82.5 cm³/mol. The van der Waals surface area contributed by atoms with Crippen molar-refractivity contribution in [3.63, 3.8) is 0 Å². The fraction of sp³-hybridized carbons (Fsp3) is 0.556. The van der Waals surface area contributed by atoms with Crippen LogP contribution in [-0.2, 0) is 11.8 Å². The van der Waals surface area contributed by atoms with Gasteiger partial charge in [0, 0.05) is 31.1 Å². The van der Waals surface area contributed by atoms with Gasteiger partial charge in [0.2, 0.25) is 1.43 Å². The predicted octanol–water partition coefficient (Wildman–Crippen LogP) is 1.50. The van der Waals surface area contributed by atoms with Gasteiger partial charge in [0.25, 0.3) is 0 Å². The van der Waals surface area contributed by atoms with E-state index in [9.17, 15) is 2.74 Å². The van der Waals surface area contributed by atoms with Crippen LogP contribution >= 0.6 is 0 Å². The lowest BCUT2D eigenvalue weighted by Gasteiger charge is -2.56. The highest BCUT2D eigenvalue weighted by molar-refractivity contribution is 5.62. The van der Waals surface area contributed by atoms with Crippen LogP contribution in [0.3, 0.4) is 0 Å². The molecule has 1 aromatic carbocycles. The van der Waals surface area contributed by atoms with E-state index in [0.29, 0.717) is 11.3 Å². The minimum absolute atomic E-state index is 0.117. The van der Waals surface area contributed by atoms with Crippen molar-refractivity contribution >= 4 is 0 Å². The fourth-order valence-electron chi connectivity index (χ4n) is 4.37. The van der Waals surface area contributed by atoms with E-state index in [0.717, 1.165) is 4.90 Å². The average molecular weight is 307 g/mol. The summed E-state index contributed by atoms with van der Waals surface area (Å²) >= 11 is 0. The first-order valence-electron chi connectivity index (χ1n) is 11.3. The Kier molecular flexibility index (Phi) is 1.36. The summed E-state index contributed by atoms with van der Waals surface area (Å²) in [7, 11) is 1.44. The lowest BCUT2D eigenvalue weighted by Crippen LogP contribution is -2.64. The van der Waals surface area contributed by atoms with Gasteiger partial charge in [0.05, 0.1) is 8.48 Å². The maximum Gasteiger partial charge on any atom is 0.211 e. The van der Waals surface area contributed by atoms with Gasteiger partial charge in [-0.05, 0) is 37.9 Å². The summed E-state index contributed by atoms with van der Waals surface area (Å²) in [5.41, 5.74) is -0.722.